The van der Waals surface area contributed by atoms with E-state index in [1.165, 1.54) is 4.31 Å². The van der Waals surface area contributed by atoms with E-state index in [2.05, 4.69) is 0 Å². The number of nitrogens with zero attached hydrogens (tertiary/aromatic N) is 2. The lowest BCUT2D eigenvalue weighted by Crippen LogP contribution is -2.43. The van der Waals surface area contributed by atoms with Gasteiger partial charge in [-0.25, -0.2) is 0 Å². The first-order chi connectivity index (χ1) is 7.94. The SMILES string of the molecule is C[C@H](O)CCN(C)S(=O)(=O)N1CCCCCC1. The van der Waals surface area contributed by atoms with Crippen LogP contribution in [0.2, 0.25) is 0 Å². The highest BCUT2D eigenvalue weighted by Crippen LogP contribution is 2.15. The molecule has 0 saturated carbocycles. The van der Waals surface area contributed by atoms with Crippen molar-refractivity contribution in [3.05, 3.63) is 0 Å². The Morgan fingerprint density at radius 1 is 1.24 bits per heavy atom. The highest BCUT2D eigenvalue weighted by Gasteiger charge is 2.27. The Balaban J connectivity index is 2.58. The monoisotopic (exact) mass is 264 g/mol. The van der Waals surface area contributed by atoms with Gasteiger partial charge in [-0.05, 0) is 26.2 Å². The van der Waals surface area contributed by atoms with Gasteiger partial charge in [0.25, 0.3) is 10.2 Å². The summed E-state index contributed by atoms with van der Waals surface area (Å²) in [5, 5.41) is 9.19. The predicted octanol–water partition coefficient (Wildman–Crippen LogP) is 0.810. The fourth-order valence-corrected chi connectivity index (χ4v) is 3.40. The third-order valence-electron chi connectivity index (χ3n) is 3.15. The molecule has 1 N–H and O–H groups in total. The van der Waals surface area contributed by atoms with E-state index in [1.54, 1.807) is 18.3 Å². The molecule has 6 heteroatoms. The smallest absolute Gasteiger partial charge is 0.281 e. The van der Waals surface area contributed by atoms with Crippen LogP contribution in [0.1, 0.15) is 39.0 Å². The zero-order valence-corrected chi connectivity index (χ0v) is 11.6. The third kappa shape index (κ3) is 4.54. The van der Waals surface area contributed by atoms with Crippen molar-refractivity contribution in [2.24, 2.45) is 0 Å². The van der Waals surface area contributed by atoms with Crippen LogP contribution in [-0.2, 0) is 10.2 Å². The third-order valence-corrected chi connectivity index (χ3v) is 5.13. The first-order valence-corrected chi connectivity index (χ1v) is 7.74. The van der Waals surface area contributed by atoms with E-state index < -0.39 is 16.3 Å². The van der Waals surface area contributed by atoms with Crippen molar-refractivity contribution in [1.82, 2.24) is 8.61 Å². The Hall–Kier alpha value is -0.170. The van der Waals surface area contributed by atoms with Crippen molar-refractivity contribution in [3.63, 3.8) is 0 Å². The van der Waals surface area contributed by atoms with Crippen molar-refractivity contribution in [3.8, 4) is 0 Å². The van der Waals surface area contributed by atoms with Crippen LogP contribution in [0.25, 0.3) is 0 Å². The molecule has 0 unspecified atom stereocenters. The summed E-state index contributed by atoms with van der Waals surface area (Å²) in [5.41, 5.74) is 0. The van der Waals surface area contributed by atoms with Gasteiger partial charge in [-0.1, -0.05) is 12.8 Å². The first-order valence-electron chi connectivity index (χ1n) is 6.34. The summed E-state index contributed by atoms with van der Waals surface area (Å²) < 4.78 is 27.4. The molecule has 17 heavy (non-hydrogen) atoms. The van der Waals surface area contributed by atoms with Gasteiger partial charge in [-0.2, -0.15) is 17.0 Å². The molecule has 0 radical (unpaired) electrons. The molecule has 102 valence electrons. The molecule has 1 rings (SSSR count). The maximum atomic E-state index is 12.2. The maximum Gasteiger partial charge on any atom is 0.281 e. The molecule has 0 amide bonds. The first kappa shape index (κ1) is 14.9. The van der Waals surface area contributed by atoms with Crippen LogP contribution in [-0.4, -0.2) is 54.9 Å². The molecular formula is C11H24N2O3S. The van der Waals surface area contributed by atoms with E-state index in [4.69, 9.17) is 0 Å². The molecule has 0 aromatic heterocycles. The number of aliphatic hydroxyl groups is 1. The van der Waals surface area contributed by atoms with Crippen molar-refractivity contribution in [1.29, 1.82) is 0 Å². The summed E-state index contributed by atoms with van der Waals surface area (Å²) in [6, 6.07) is 0. The molecule has 5 nitrogen and oxygen atoms in total. The fourth-order valence-electron chi connectivity index (χ4n) is 1.95. The second kappa shape index (κ2) is 6.68. The fraction of sp³-hybridized carbons (Fsp3) is 1.00. The average molecular weight is 264 g/mol. The molecule has 1 heterocycles. The van der Waals surface area contributed by atoms with Gasteiger partial charge in [0.2, 0.25) is 0 Å². The van der Waals surface area contributed by atoms with Gasteiger partial charge in [0, 0.05) is 26.7 Å². The maximum absolute atomic E-state index is 12.2. The number of hydrogen-bond donors (Lipinski definition) is 1. The summed E-state index contributed by atoms with van der Waals surface area (Å²) >= 11 is 0. The van der Waals surface area contributed by atoms with Crippen LogP contribution >= 0.6 is 0 Å². The molecule has 1 aliphatic rings. The highest BCUT2D eigenvalue weighted by molar-refractivity contribution is 7.86. The van der Waals surface area contributed by atoms with Crippen LogP contribution in [0.3, 0.4) is 0 Å². The minimum absolute atomic E-state index is 0.372. The van der Waals surface area contributed by atoms with Crippen LogP contribution in [0, 0.1) is 0 Å². The zero-order valence-electron chi connectivity index (χ0n) is 10.8. The second-order valence-corrected chi connectivity index (χ2v) is 6.82. The Bertz CT molecular complexity index is 309. The van der Waals surface area contributed by atoms with Crippen LogP contribution in [0.5, 0.6) is 0 Å². The van der Waals surface area contributed by atoms with E-state index in [0.29, 0.717) is 26.1 Å². The molecule has 1 atom stereocenters. The van der Waals surface area contributed by atoms with E-state index >= 15 is 0 Å². The molecule has 0 aromatic rings. The van der Waals surface area contributed by atoms with Crippen molar-refractivity contribution in [2.45, 2.75) is 45.1 Å². The predicted molar refractivity (Wildman–Crippen MR) is 67.9 cm³/mol. The number of aliphatic hydroxyl groups excluding tert-OH is 1. The molecular weight excluding hydrogens is 240 g/mol. The molecule has 0 aromatic carbocycles. The topological polar surface area (TPSA) is 60.9 Å². The van der Waals surface area contributed by atoms with Crippen molar-refractivity contribution in [2.75, 3.05) is 26.7 Å². The molecule has 0 bridgehead atoms. The van der Waals surface area contributed by atoms with E-state index in [9.17, 15) is 13.5 Å². The molecule has 0 spiro atoms. The minimum Gasteiger partial charge on any atom is -0.393 e. The average Bonchev–Trinajstić information content (AvgIpc) is 2.54. The van der Waals surface area contributed by atoms with E-state index in [1.807, 2.05) is 0 Å². The summed E-state index contributed by atoms with van der Waals surface area (Å²) in [6.07, 6.45) is 4.14. The molecule has 0 aliphatic carbocycles. The minimum atomic E-state index is -3.33. The zero-order chi connectivity index (χ0) is 12.9. The van der Waals surface area contributed by atoms with Gasteiger partial charge in [0.15, 0.2) is 0 Å². The van der Waals surface area contributed by atoms with Gasteiger partial charge < -0.3 is 5.11 Å². The molecule has 1 aliphatic heterocycles. The lowest BCUT2D eigenvalue weighted by atomic mass is 10.2. The van der Waals surface area contributed by atoms with Gasteiger partial charge in [-0.3, -0.25) is 0 Å². The lowest BCUT2D eigenvalue weighted by molar-refractivity contribution is 0.176. The Kier molecular flexibility index (Phi) is 5.85. The molecule has 1 saturated heterocycles. The Labute approximate surface area is 105 Å². The highest BCUT2D eigenvalue weighted by atomic mass is 32.2. The summed E-state index contributed by atoms with van der Waals surface area (Å²) in [5.74, 6) is 0. The Morgan fingerprint density at radius 2 is 1.76 bits per heavy atom. The van der Waals surface area contributed by atoms with Crippen LogP contribution in [0.4, 0.5) is 0 Å². The quantitative estimate of drug-likeness (QED) is 0.799. The summed E-state index contributed by atoms with van der Waals surface area (Å²) in [7, 11) is -1.74. The van der Waals surface area contributed by atoms with Crippen LogP contribution < -0.4 is 0 Å². The normalized spacial score (nSPS) is 21.4. The van der Waals surface area contributed by atoms with Crippen molar-refractivity contribution >= 4 is 10.2 Å². The number of hydrogen-bond acceptors (Lipinski definition) is 3. The largest absolute Gasteiger partial charge is 0.393 e. The summed E-state index contributed by atoms with van der Waals surface area (Å²) in [4.78, 5) is 0. The van der Waals surface area contributed by atoms with Gasteiger partial charge in [0.1, 0.15) is 0 Å². The van der Waals surface area contributed by atoms with Crippen LogP contribution in [0.15, 0.2) is 0 Å². The Morgan fingerprint density at radius 3 is 2.24 bits per heavy atom. The lowest BCUT2D eigenvalue weighted by Gasteiger charge is -2.26. The van der Waals surface area contributed by atoms with Crippen molar-refractivity contribution < 1.29 is 13.5 Å². The van der Waals surface area contributed by atoms with Gasteiger partial charge in [-0.15, -0.1) is 0 Å². The van der Waals surface area contributed by atoms with E-state index in [0.717, 1.165) is 25.7 Å². The van der Waals surface area contributed by atoms with Gasteiger partial charge >= 0.3 is 0 Å². The number of rotatable bonds is 5. The second-order valence-electron chi connectivity index (χ2n) is 4.78. The van der Waals surface area contributed by atoms with Gasteiger partial charge in [0.05, 0.1) is 6.10 Å². The standard InChI is InChI=1S/C11H24N2O3S/c1-11(14)7-10-12(2)17(15,16)13-8-5-3-4-6-9-13/h11,14H,3-10H2,1-2H3/t11-/m0/s1. The molecule has 1 fully saturated rings. The van der Waals surface area contributed by atoms with E-state index in [-0.39, 0.29) is 0 Å². The summed E-state index contributed by atoms with van der Waals surface area (Å²) in [6.45, 7) is 3.30.